The number of primary amides is 1. The molecule has 4 N–H and O–H groups in total. The number of nitrogens with two attached hydrogens (primary N) is 2. The number of amides is 1. The normalized spacial score (nSPS) is 9.62. The molecule has 0 heterocycles. The third-order valence-electron chi connectivity index (χ3n) is 1.48. The minimum Gasteiger partial charge on any atom is -0.445 e. The summed E-state index contributed by atoms with van der Waals surface area (Å²) in [6.07, 6.45) is -0.885. The number of anilines is 1. The van der Waals surface area contributed by atoms with Crippen LogP contribution in [0.15, 0.2) is 18.2 Å². The molecule has 0 aliphatic rings. The highest BCUT2D eigenvalue weighted by Crippen LogP contribution is 2.13. The van der Waals surface area contributed by atoms with E-state index in [4.69, 9.17) is 11.5 Å². The summed E-state index contributed by atoms with van der Waals surface area (Å²) in [5.41, 5.74) is 10.9. The molecule has 1 aromatic carbocycles. The number of ether oxygens (including phenoxy) is 1. The molecule has 0 aliphatic heterocycles. The van der Waals surface area contributed by atoms with E-state index >= 15 is 0 Å². The highest BCUT2D eigenvalue weighted by Gasteiger charge is 2.02. The summed E-state index contributed by atoms with van der Waals surface area (Å²) in [5, 5.41) is 0. The molecule has 0 fully saturated rings. The Morgan fingerprint density at radius 2 is 2.23 bits per heavy atom. The van der Waals surface area contributed by atoms with Gasteiger partial charge in [-0.15, -0.1) is 0 Å². The third kappa shape index (κ3) is 2.62. The number of rotatable bonds is 2. The molecule has 0 atom stereocenters. The van der Waals surface area contributed by atoms with E-state index in [-0.39, 0.29) is 12.3 Å². The highest BCUT2D eigenvalue weighted by atomic mass is 19.1. The highest BCUT2D eigenvalue weighted by molar-refractivity contribution is 5.64. The van der Waals surface area contributed by atoms with Crippen LogP contribution in [0.2, 0.25) is 0 Å². The maximum absolute atomic E-state index is 12.5. The smallest absolute Gasteiger partial charge is 0.404 e. The lowest BCUT2D eigenvalue weighted by molar-refractivity contribution is 0.150. The van der Waals surface area contributed by atoms with Gasteiger partial charge in [-0.1, -0.05) is 6.07 Å². The van der Waals surface area contributed by atoms with Crippen LogP contribution in [0.4, 0.5) is 14.9 Å². The Labute approximate surface area is 74.3 Å². The topological polar surface area (TPSA) is 78.3 Å². The first-order chi connectivity index (χ1) is 6.09. The van der Waals surface area contributed by atoms with Crippen LogP contribution in [-0.4, -0.2) is 6.09 Å². The van der Waals surface area contributed by atoms with Crippen LogP contribution in [0.5, 0.6) is 0 Å². The van der Waals surface area contributed by atoms with Crippen LogP contribution in [0.1, 0.15) is 5.56 Å². The Morgan fingerprint density at radius 3 is 2.77 bits per heavy atom. The summed E-state index contributed by atoms with van der Waals surface area (Å²) in [6.45, 7) is -0.0402. The molecule has 1 rings (SSSR count). The van der Waals surface area contributed by atoms with Crippen LogP contribution >= 0.6 is 0 Å². The van der Waals surface area contributed by atoms with Gasteiger partial charge in [-0.2, -0.15) is 0 Å². The number of hydrogen-bond acceptors (Lipinski definition) is 3. The summed E-state index contributed by atoms with van der Waals surface area (Å²) in [7, 11) is 0. The lowest BCUT2D eigenvalue weighted by atomic mass is 10.2. The van der Waals surface area contributed by atoms with Gasteiger partial charge in [0.25, 0.3) is 0 Å². The second-order valence-electron chi connectivity index (χ2n) is 2.45. The number of carbonyl (C=O) groups excluding carboxylic acids is 1. The third-order valence-corrected chi connectivity index (χ3v) is 1.48. The molecule has 4 nitrogen and oxygen atoms in total. The second kappa shape index (κ2) is 3.75. The van der Waals surface area contributed by atoms with Crippen molar-refractivity contribution in [1.29, 1.82) is 0 Å². The molecule has 0 saturated heterocycles. The average Bonchev–Trinajstić information content (AvgIpc) is 2.02. The van der Waals surface area contributed by atoms with Crippen LogP contribution in [0.3, 0.4) is 0 Å². The summed E-state index contributed by atoms with van der Waals surface area (Å²) in [4.78, 5) is 10.2. The van der Waals surface area contributed by atoms with Crippen LogP contribution in [0.25, 0.3) is 0 Å². The molecule has 5 heteroatoms. The molecule has 0 aliphatic carbocycles. The van der Waals surface area contributed by atoms with Crippen LogP contribution in [-0.2, 0) is 11.3 Å². The quantitative estimate of drug-likeness (QED) is 0.673. The Bertz CT molecular complexity index is 328. The van der Waals surface area contributed by atoms with Crippen molar-refractivity contribution >= 4 is 11.8 Å². The van der Waals surface area contributed by atoms with E-state index in [9.17, 15) is 9.18 Å². The van der Waals surface area contributed by atoms with Crippen molar-refractivity contribution in [2.45, 2.75) is 6.61 Å². The fourth-order valence-corrected chi connectivity index (χ4v) is 0.846. The Balaban J connectivity index is 2.72. The van der Waals surface area contributed by atoms with Gasteiger partial charge in [0.2, 0.25) is 0 Å². The predicted molar refractivity (Wildman–Crippen MR) is 45.2 cm³/mol. The second-order valence-corrected chi connectivity index (χ2v) is 2.45. The Kier molecular flexibility index (Phi) is 2.69. The van der Waals surface area contributed by atoms with Crippen molar-refractivity contribution in [1.82, 2.24) is 0 Å². The minimum absolute atomic E-state index is 0.0402. The SMILES string of the molecule is NC(=O)OCc1ccc(F)cc1N. The first-order valence-electron chi connectivity index (χ1n) is 3.55. The van der Waals surface area contributed by atoms with Gasteiger partial charge in [0.1, 0.15) is 12.4 Å². The van der Waals surface area contributed by atoms with Gasteiger partial charge in [-0.05, 0) is 12.1 Å². The molecule has 0 radical (unpaired) electrons. The van der Waals surface area contributed by atoms with E-state index < -0.39 is 11.9 Å². The Hall–Kier alpha value is -1.78. The molecule has 0 saturated carbocycles. The zero-order valence-corrected chi connectivity index (χ0v) is 6.79. The number of benzene rings is 1. The first kappa shape index (κ1) is 9.31. The van der Waals surface area contributed by atoms with Crippen molar-refractivity contribution < 1.29 is 13.9 Å². The van der Waals surface area contributed by atoms with Gasteiger partial charge in [0.15, 0.2) is 0 Å². The molecular weight excluding hydrogens is 175 g/mol. The first-order valence-corrected chi connectivity index (χ1v) is 3.55. The molecule has 0 bridgehead atoms. The van der Waals surface area contributed by atoms with Crippen molar-refractivity contribution in [3.05, 3.63) is 29.6 Å². The van der Waals surface area contributed by atoms with Gasteiger partial charge < -0.3 is 16.2 Å². The molecule has 13 heavy (non-hydrogen) atoms. The monoisotopic (exact) mass is 184 g/mol. The lowest BCUT2D eigenvalue weighted by Gasteiger charge is -2.04. The van der Waals surface area contributed by atoms with Gasteiger partial charge in [0.05, 0.1) is 0 Å². The van der Waals surface area contributed by atoms with Crippen molar-refractivity contribution in [2.75, 3.05) is 5.73 Å². The summed E-state index contributed by atoms with van der Waals surface area (Å²) in [6, 6.07) is 3.82. The van der Waals surface area contributed by atoms with Gasteiger partial charge >= 0.3 is 6.09 Å². The maximum atomic E-state index is 12.5. The predicted octanol–water partition coefficient (Wildman–Crippen LogP) is 1.00. The number of hydrogen-bond donors (Lipinski definition) is 2. The molecule has 0 aromatic heterocycles. The van der Waals surface area contributed by atoms with E-state index in [0.717, 1.165) is 6.07 Å². The summed E-state index contributed by atoms with van der Waals surface area (Å²) in [5.74, 6) is -0.430. The standard InChI is InChI=1S/C8H9FN2O2/c9-6-2-1-5(7(10)3-6)4-13-8(11)12/h1-3H,4,10H2,(H2,11,12). The van der Waals surface area contributed by atoms with Crippen molar-refractivity contribution in [2.24, 2.45) is 5.73 Å². The van der Waals surface area contributed by atoms with Gasteiger partial charge in [-0.25, -0.2) is 9.18 Å². The number of halogens is 1. The summed E-state index contributed by atoms with van der Waals surface area (Å²) < 4.78 is 17.0. The number of carbonyl (C=O) groups is 1. The van der Waals surface area contributed by atoms with E-state index in [1.54, 1.807) is 0 Å². The lowest BCUT2D eigenvalue weighted by Crippen LogP contribution is -2.13. The van der Waals surface area contributed by atoms with Crippen LogP contribution in [0, 0.1) is 5.82 Å². The molecule has 1 aromatic rings. The summed E-state index contributed by atoms with van der Waals surface area (Å²) >= 11 is 0. The van der Waals surface area contributed by atoms with Crippen molar-refractivity contribution in [3.8, 4) is 0 Å². The molecule has 0 unspecified atom stereocenters. The fourth-order valence-electron chi connectivity index (χ4n) is 0.846. The molecule has 1 amide bonds. The van der Waals surface area contributed by atoms with E-state index in [1.165, 1.54) is 12.1 Å². The number of nitrogen functional groups attached to an aromatic ring is 1. The van der Waals surface area contributed by atoms with Gasteiger partial charge in [0, 0.05) is 11.3 Å². The largest absolute Gasteiger partial charge is 0.445 e. The van der Waals surface area contributed by atoms with E-state index in [2.05, 4.69) is 4.74 Å². The van der Waals surface area contributed by atoms with E-state index in [1.807, 2.05) is 0 Å². The molecule has 0 spiro atoms. The van der Waals surface area contributed by atoms with E-state index in [0.29, 0.717) is 5.56 Å². The van der Waals surface area contributed by atoms with Crippen LogP contribution < -0.4 is 11.5 Å². The zero-order chi connectivity index (χ0) is 9.84. The average molecular weight is 184 g/mol. The van der Waals surface area contributed by atoms with Gasteiger partial charge in [-0.3, -0.25) is 0 Å². The Morgan fingerprint density at radius 1 is 1.54 bits per heavy atom. The zero-order valence-electron chi connectivity index (χ0n) is 6.79. The molecular formula is C8H9FN2O2. The maximum Gasteiger partial charge on any atom is 0.404 e. The van der Waals surface area contributed by atoms with Crippen molar-refractivity contribution in [3.63, 3.8) is 0 Å². The minimum atomic E-state index is -0.885. The molecule has 70 valence electrons. The fraction of sp³-hybridized carbons (Fsp3) is 0.125.